The first-order chi connectivity index (χ1) is 14.3. The van der Waals surface area contributed by atoms with Crippen LogP contribution in [0.15, 0.2) is 65.7 Å². The number of hydrogen-bond donors (Lipinski definition) is 4. The maximum absolute atomic E-state index is 12.5. The molecule has 0 bridgehead atoms. The Kier molecular flexibility index (Phi) is 5.93. The predicted molar refractivity (Wildman–Crippen MR) is 106 cm³/mol. The number of aromatic hydroxyl groups is 1. The highest BCUT2D eigenvalue weighted by Gasteiger charge is 2.19. The van der Waals surface area contributed by atoms with Crippen LogP contribution in [0.4, 0.5) is 5.95 Å². The third kappa shape index (κ3) is 4.89. The van der Waals surface area contributed by atoms with Crippen molar-refractivity contribution < 1.29 is 28.2 Å². The van der Waals surface area contributed by atoms with E-state index in [0.717, 1.165) is 17.3 Å². The summed E-state index contributed by atoms with van der Waals surface area (Å²) in [5.74, 6) is -3.44. The molecule has 1 amide bonds. The van der Waals surface area contributed by atoms with Crippen LogP contribution in [0, 0.1) is 0 Å². The minimum absolute atomic E-state index is 0.0476. The van der Waals surface area contributed by atoms with E-state index in [-0.39, 0.29) is 4.90 Å². The summed E-state index contributed by atoms with van der Waals surface area (Å²) in [6.07, 6.45) is 0.885. The molecule has 10 nitrogen and oxygen atoms in total. The number of carbonyl (C=O) groups is 2. The van der Waals surface area contributed by atoms with Gasteiger partial charge in [-0.1, -0.05) is 42.5 Å². The van der Waals surface area contributed by atoms with Crippen molar-refractivity contribution in [2.24, 2.45) is 0 Å². The zero-order chi connectivity index (χ0) is 21.7. The van der Waals surface area contributed by atoms with Gasteiger partial charge in [-0.25, -0.2) is 18.1 Å². The number of rotatable bonds is 7. The van der Waals surface area contributed by atoms with Gasteiger partial charge in [-0.3, -0.25) is 9.59 Å². The fourth-order valence-electron chi connectivity index (χ4n) is 2.47. The minimum Gasteiger partial charge on any atom is -0.493 e. The Bertz CT molecular complexity index is 1180. The number of carboxylic acid groups (broad SMARTS) is 1. The molecule has 154 valence electrons. The Morgan fingerprint density at radius 2 is 1.60 bits per heavy atom. The topological polar surface area (TPSA) is 159 Å². The van der Waals surface area contributed by atoms with Crippen molar-refractivity contribution >= 4 is 27.8 Å². The molecule has 3 rings (SSSR count). The molecule has 0 aliphatic carbocycles. The van der Waals surface area contributed by atoms with Gasteiger partial charge < -0.3 is 15.5 Å². The molecule has 0 saturated carbocycles. The number of amides is 1. The summed E-state index contributed by atoms with van der Waals surface area (Å²) in [4.78, 5) is 29.5. The van der Waals surface area contributed by atoms with Gasteiger partial charge in [0.2, 0.25) is 11.8 Å². The van der Waals surface area contributed by atoms with Gasteiger partial charge in [0, 0.05) is 6.20 Å². The Hall–Kier alpha value is -3.99. The summed E-state index contributed by atoms with van der Waals surface area (Å²) in [6, 6.07) is 15.5. The monoisotopic (exact) mass is 428 g/mol. The molecule has 1 heterocycles. The van der Waals surface area contributed by atoms with E-state index in [4.69, 9.17) is 5.11 Å². The SMILES string of the molecule is O=C(O)CNC(=O)c1cnc(NS(=O)(=O)c2ccc(-c3ccccc3)cc2)nc1O. The summed E-state index contributed by atoms with van der Waals surface area (Å²) in [6.45, 7) is -0.661. The maximum atomic E-state index is 12.5. The van der Waals surface area contributed by atoms with Crippen molar-refractivity contribution in [2.75, 3.05) is 11.3 Å². The van der Waals surface area contributed by atoms with Crippen molar-refractivity contribution in [2.45, 2.75) is 4.90 Å². The van der Waals surface area contributed by atoms with Gasteiger partial charge in [0.15, 0.2) is 0 Å². The van der Waals surface area contributed by atoms with E-state index in [1.165, 1.54) is 12.1 Å². The molecule has 0 saturated heterocycles. The summed E-state index contributed by atoms with van der Waals surface area (Å²) in [7, 11) is -4.05. The van der Waals surface area contributed by atoms with Gasteiger partial charge in [0.1, 0.15) is 12.1 Å². The van der Waals surface area contributed by atoms with Gasteiger partial charge in [-0.15, -0.1) is 0 Å². The van der Waals surface area contributed by atoms with Crippen molar-refractivity contribution in [1.29, 1.82) is 0 Å². The lowest BCUT2D eigenvalue weighted by molar-refractivity contribution is -0.135. The lowest BCUT2D eigenvalue weighted by Crippen LogP contribution is -2.29. The number of carbonyl (C=O) groups excluding carboxylic acids is 1. The predicted octanol–water partition coefficient (Wildman–Crippen LogP) is 1.46. The molecule has 30 heavy (non-hydrogen) atoms. The van der Waals surface area contributed by atoms with Gasteiger partial charge in [-0.05, 0) is 23.3 Å². The normalized spacial score (nSPS) is 10.9. The van der Waals surface area contributed by atoms with E-state index in [0.29, 0.717) is 0 Å². The second-order valence-electron chi connectivity index (χ2n) is 6.00. The van der Waals surface area contributed by atoms with E-state index >= 15 is 0 Å². The summed E-state index contributed by atoms with van der Waals surface area (Å²) in [5, 5.41) is 20.5. The number of nitrogens with zero attached hydrogens (tertiary/aromatic N) is 2. The average molecular weight is 428 g/mol. The van der Waals surface area contributed by atoms with E-state index < -0.39 is 45.8 Å². The molecule has 0 spiro atoms. The number of anilines is 1. The number of aliphatic carboxylic acids is 1. The molecule has 0 unspecified atom stereocenters. The van der Waals surface area contributed by atoms with Crippen molar-refractivity contribution in [3.63, 3.8) is 0 Å². The lowest BCUT2D eigenvalue weighted by Gasteiger charge is -2.09. The Morgan fingerprint density at radius 3 is 2.20 bits per heavy atom. The Morgan fingerprint density at radius 1 is 0.967 bits per heavy atom. The van der Waals surface area contributed by atoms with Crippen LogP contribution in [-0.4, -0.2) is 47.0 Å². The smallest absolute Gasteiger partial charge is 0.322 e. The van der Waals surface area contributed by atoms with Crippen LogP contribution in [0.3, 0.4) is 0 Å². The number of aromatic nitrogens is 2. The molecule has 0 radical (unpaired) electrons. The quantitative estimate of drug-likeness (QED) is 0.440. The fraction of sp³-hybridized carbons (Fsp3) is 0.0526. The van der Waals surface area contributed by atoms with Gasteiger partial charge in [0.25, 0.3) is 15.9 Å². The second kappa shape index (κ2) is 8.57. The first-order valence-electron chi connectivity index (χ1n) is 8.50. The van der Waals surface area contributed by atoms with Gasteiger partial charge in [-0.2, -0.15) is 4.98 Å². The first kappa shape index (κ1) is 20.7. The molecule has 4 N–H and O–H groups in total. The van der Waals surface area contributed by atoms with E-state index in [1.807, 2.05) is 35.6 Å². The van der Waals surface area contributed by atoms with Crippen LogP contribution < -0.4 is 10.0 Å². The van der Waals surface area contributed by atoms with Crippen LogP contribution in [0.2, 0.25) is 0 Å². The summed E-state index contributed by atoms with van der Waals surface area (Å²) in [5.41, 5.74) is 1.37. The van der Waals surface area contributed by atoms with E-state index in [2.05, 4.69) is 14.7 Å². The standard InChI is InChI=1S/C19H16N4O6S/c24-16(25)11-20-17(26)15-10-21-19(22-18(15)27)23-30(28,29)14-8-6-13(7-9-14)12-4-2-1-3-5-12/h1-10H,11H2,(H,20,26)(H,24,25)(H2,21,22,23,27). The number of nitrogens with one attached hydrogen (secondary N) is 2. The molecule has 3 aromatic rings. The first-order valence-corrected chi connectivity index (χ1v) is 9.99. The summed E-state index contributed by atoms with van der Waals surface area (Å²) < 4.78 is 27.2. The van der Waals surface area contributed by atoms with Crippen molar-refractivity contribution in [3.05, 3.63) is 66.4 Å². The van der Waals surface area contributed by atoms with Crippen LogP contribution in [0.1, 0.15) is 10.4 Å². The largest absolute Gasteiger partial charge is 0.493 e. The second-order valence-corrected chi connectivity index (χ2v) is 7.69. The summed E-state index contributed by atoms with van der Waals surface area (Å²) >= 11 is 0. The molecule has 2 aromatic carbocycles. The minimum atomic E-state index is -4.05. The lowest BCUT2D eigenvalue weighted by atomic mass is 10.1. The zero-order valence-electron chi connectivity index (χ0n) is 15.3. The van der Waals surface area contributed by atoms with E-state index in [1.54, 1.807) is 12.1 Å². The van der Waals surface area contributed by atoms with Gasteiger partial charge >= 0.3 is 5.97 Å². The Balaban J connectivity index is 1.76. The highest BCUT2D eigenvalue weighted by atomic mass is 32.2. The number of carboxylic acids is 1. The van der Waals surface area contributed by atoms with E-state index in [9.17, 15) is 23.1 Å². The van der Waals surface area contributed by atoms with Crippen molar-refractivity contribution in [3.8, 4) is 17.0 Å². The number of sulfonamides is 1. The van der Waals surface area contributed by atoms with Crippen LogP contribution >= 0.6 is 0 Å². The third-order valence-electron chi connectivity index (χ3n) is 3.91. The van der Waals surface area contributed by atoms with Crippen LogP contribution in [-0.2, 0) is 14.8 Å². The molecule has 0 aliphatic heterocycles. The van der Waals surface area contributed by atoms with Crippen molar-refractivity contribution in [1.82, 2.24) is 15.3 Å². The zero-order valence-corrected chi connectivity index (χ0v) is 16.1. The Labute approximate surface area is 171 Å². The number of benzene rings is 2. The molecule has 11 heteroatoms. The molecule has 0 aliphatic rings. The molecule has 1 aromatic heterocycles. The van der Waals surface area contributed by atoms with Gasteiger partial charge in [0.05, 0.1) is 4.90 Å². The average Bonchev–Trinajstić information content (AvgIpc) is 2.72. The fourth-order valence-corrected chi connectivity index (χ4v) is 3.42. The number of hydrogen-bond acceptors (Lipinski definition) is 7. The van der Waals surface area contributed by atoms with Crippen LogP contribution in [0.25, 0.3) is 11.1 Å². The molecule has 0 atom stereocenters. The molecular weight excluding hydrogens is 412 g/mol. The molecular formula is C19H16N4O6S. The highest BCUT2D eigenvalue weighted by Crippen LogP contribution is 2.22. The maximum Gasteiger partial charge on any atom is 0.322 e. The third-order valence-corrected chi connectivity index (χ3v) is 5.25. The molecule has 0 fully saturated rings. The van der Waals surface area contributed by atoms with Crippen LogP contribution in [0.5, 0.6) is 5.88 Å². The highest BCUT2D eigenvalue weighted by molar-refractivity contribution is 7.92.